The number of rotatable bonds is 2. The molecule has 0 saturated carbocycles. The summed E-state index contributed by atoms with van der Waals surface area (Å²) in [6, 6.07) is 9.64. The van der Waals surface area contributed by atoms with Gasteiger partial charge in [-0.1, -0.05) is 29.3 Å². The van der Waals surface area contributed by atoms with E-state index in [-0.39, 0.29) is 6.61 Å². The lowest BCUT2D eigenvalue weighted by Gasteiger charge is -2.03. The van der Waals surface area contributed by atoms with Crippen LogP contribution in [0.3, 0.4) is 0 Å². The Morgan fingerprint density at radius 1 is 1.11 bits per heavy atom. The van der Waals surface area contributed by atoms with Crippen LogP contribution < -0.4 is 0 Å². The molecule has 0 unspecified atom stereocenters. The van der Waals surface area contributed by atoms with Gasteiger partial charge in [0.1, 0.15) is 0 Å². The van der Waals surface area contributed by atoms with E-state index < -0.39 is 0 Å². The molecule has 0 aliphatic carbocycles. The Morgan fingerprint density at radius 2 is 1.89 bits per heavy atom. The number of aliphatic hydroxyl groups is 1. The van der Waals surface area contributed by atoms with E-state index in [9.17, 15) is 5.11 Å². The molecule has 4 heteroatoms. The number of aliphatic hydroxyl groups excluding tert-OH is 1. The highest BCUT2D eigenvalue weighted by atomic mass is 35.5. The average Bonchev–Trinajstić information content (AvgIpc) is 2.70. The molecule has 0 aliphatic heterocycles. The smallest absolute Gasteiger partial charge is 0.0682 e. The van der Waals surface area contributed by atoms with Gasteiger partial charge in [-0.25, -0.2) is 0 Å². The summed E-state index contributed by atoms with van der Waals surface area (Å²) in [5, 5.41) is 12.6. The first-order chi connectivity index (χ1) is 9.15. The molecule has 0 fully saturated rings. The monoisotopic (exact) mass is 293 g/mol. The van der Waals surface area contributed by atoms with Crippen LogP contribution >= 0.6 is 23.2 Å². The molecule has 0 atom stereocenters. The Kier molecular flexibility index (Phi) is 3.17. The van der Waals surface area contributed by atoms with E-state index >= 15 is 0 Å². The van der Waals surface area contributed by atoms with Gasteiger partial charge in [-0.15, -0.1) is 0 Å². The van der Waals surface area contributed by atoms with Crippen LogP contribution in [-0.2, 0) is 13.2 Å². The Labute approximate surface area is 121 Å². The highest BCUT2D eigenvalue weighted by Crippen LogP contribution is 2.36. The number of aryl methyl sites for hydroxylation is 1. The minimum Gasteiger partial charge on any atom is -0.392 e. The highest BCUT2D eigenvalue weighted by molar-refractivity contribution is 6.40. The van der Waals surface area contributed by atoms with E-state index in [1.54, 1.807) is 6.07 Å². The zero-order valence-electron chi connectivity index (χ0n) is 10.5. The largest absolute Gasteiger partial charge is 0.392 e. The molecule has 3 rings (SSSR count). The van der Waals surface area contributed by atoms with Crippen molar-refractivity contribution in [3.63, 3.8) is 0 Å². The Morgan fingerprint density at radius 3 is 2.58 bits per heavy atom. The Bertz CT molecular complexity index is 777. The van der Waals surface area contributed by atoms with Crippen molar-refractivity contribution < 1.29 is 5.11 Å². The van der Waals surface area contributed by atoms with Gasteiger partial charge in [0.2, 0.25) is 0 Å². The van der Waals surface area contributed by atoms with Crippen LogP contribution in [0.4, 0.5) is 0 Å². The molecule has 2 aromatic carbocycles. The third-order valence-corrected chi connectivity index (χ3v) is 3.96. The van der Waals surface area contributed by atoms with Gasteiger partial charge < -0.3 is 9.67 Å². The van der Waals surface area contributed by atoms with Crippen molar-refractivity contribution in [3.05, 3.63) is 45.9 Å². The lowest BCUT2D eigenvalue weighted by molar-refractivity contribution is 0.282. The van der Waals surface area contributed by atoms with E-state index in [2.05, 4.69) is 11.5 Å². The second-order valence-corrected chi connectivity index (χ2v) is 5.38. The van der Waals surface area contributed by atoms with Crippen LogP contribution in [-0.4, -0.2) is 9.67 Å². The molecule has 0 bridgehead atoms. The second kappa shape index (κ2) is 4.71. The van der Waals surface area contributed by atoms with E-state index in [1.807, 2.05) is 24.3 Å². The molecule has 98 valence electrons. The summed E-state index contributed by atoms with van der Waals surface area (Å²) in [6.45, 7) is 2.96. The van der Waals surface area contributed by atoms with Crippen LogP contribution in [0.5, 0.6) is 0 Å². The van der Waals surface area contributed by atoms with Crippen molar-refractivity contribution in [1.29, 1.82) is 0 Å². The summed E-state index contributed by atoms with van der Waals surface area (Å²) in [5.41, 5.74) is 3.03. The van der Waals surface area contributed by atoms with Gasteiger partial charge in [0, 0.05) is 27.9 Å². The van der Waals surface area contributed by atoms with Gasteiger partial charge in [0.15, 0.2) is 0 Å². The summed E-state index contributed by atoms with van der Waals surface area (Å²) in [7, 11) is 0. The van der Waals surface area contributed by atoms with E-state index in [0.717, 1.165) is 33.9 Å². The maximum Gasteiger partial charge on any atom is 0.0682 e. The third-order valence-electron chi connectivity index (χ3n) is 3.44. The number of benzene rings is 2. The lowest BCUT2D eigenvalue weighted by atomic mass is 10.1. The first kappa shape index (κ1) is 12.8. The zero-order valence-corrected chi connectivity index (χ0v) is 12.0. The molecule has 0 radical (unpaired) electrons. The standard InChI is InChI=1S/C15H13Cl2NO/c1-2-18-13-4-3-9(8-19)5-11(13)15-12(17)6-10(16)7-14(15)18/h3-7,19H,2,8H2,1H3. The topological polar surface area (TPSA) is 25.2 Å². The molecule has 1 aromatic heterocycles. The molecule has 0 amide bonds. The fraction of sp³-hybridized carbons (Fsp3) is 0.200. The number of fused-ring (bicyclic) bond motifs is 3. The number of hydrogen-bond acceptors (Lipinski definition) is 1. The van der Waals surface area contributed by atoms with Crippen molar-refractivity contribution in [1.82, 2.24) is 4.57 Å². The van der Waals surface area contributed by atoms with Gasteiger partial charge in [-0.3, -0.25) is 0 Å². The molecule has 1 heterocycles. The summed E-state index contributed by atoms with van der Waals surface area (Å²) >= 11 is 12.4. The molecular formula is C15H13Cl2NO. The molecular weight excluding hydrogens is 281 g/mol. The van der Waals surface area contributed by atoms with Crippen molar-refractivity contribution in [2.24, 2.45) is 0 Å². The van der Waals surface area contributed by atoms with Crippen LogP contribution in [0, 0.1) is 0 Å². The van der Waals surface area contributed by atoms with E-state index in [0.29, 0.717) is 10.0 Å². The predicted octanol–water partition coefficient (Wildman–Crippen LogP) is 4.61. The quantitative estimate of drug-likeness (QED) is 0.733. The molecule has 3 aromatic rings. The first-order valence-electron chi connectivity index (χ1n) is 6.16. The van der Waals surface area contributed by atoms with Crippen molar-refractivity contribution in [3.8, 4) is 0 Å². The average molecular weight is 294 g/mol. The van der Waals surface area contributed by atoms with E-state index in [1.165, 1.54) is 0 Å². The van der Waals surface area contributed by atoms with Gasteiger partial charge in [0.25, 0.3) is 0 Å². The first-order valence-corrected chi connectivity index (χ1v) is 6.92. The Hall–Kier alpha value is -1.22. The molecule has 1 N–H and O–H groups in total. The third kappa shape index (κ3) is 1.91. The summed E-state index contributed by atoms with van der Waals surface area (Å²) < 4.78 is 2.18. The SMILES string of the molecule is CCn1c2ccc(CO)cc2c2c(Cl)cc(Cl)cc21. The second-order valence-electron chi connectivity index (χ2n) is 4.54. The number of aromatic nitrogens is 1. The zero-order chi connectivity index (χ0) is 13.6. The van der Waals surface area contributed by atoms with E-state index in [4.69, 9.17) is 23.2 Å². The number of nitrogens with zero attached hydrogens (tertiary/aromatic N) is 1. The number of hydrogen-bond donors (Lipinski definition) is 1. The lowest BCUT2D eigenvalue weighted by Crippen LogP contribution is -1.93. The van der Waals surface area contributed by atoms with Gasteiger partial charge in [-0.05, 0) is 36.8 Å². The fourth-order valence-electron chi connectivity index (χ4n) is 2.63. The van der Waals surface area contributed by atoms with Crippen LogP contribution in [0.2, 0.25) is 10.0 Å². The van der Waals surface area contributed by atoms with Crippen molar-refractivity contribution in [2.45, 2.75) is 20.1 Å². The molecule has 0 spiro atoms. The molecule has 19 heavy (non-hydrogen) atoms. The van der Waals surface area contributed by atoms with Crippen LogP contribution in [0.25, 0.3) is 21.8 Å². The van der Waals surface area contributed by atoms with Gasteiger partial charge in [-0.2, -0.15) is 0 Å². The van der Waals surface area contributed by atoms with Gasteiger partial charge >= 0.3 is 0 Å². The minimum absolute atomic E-state index is 0.0277. The minimum atomic E-state index is 0.0277. The molecule has 2 nitrogen and oxygen atoms in total. The fourth-order valence-corrected chi connectivity index (χ4v) is 3.21. The summed E-state index contributed by atoms with van der Waals surface area (Å²) in [4.78, 5) is 0. The molecule has 0 saturated heterocycles. The Balaban J connectivity index is 2.54. The van der Waals surface area contributed by atoms with Crippen molar-refractivity contribution in [2.75, 3.05) is 0 Å². The summed E-state index contributed by atoms with van der Waals surface area (Å²) in [6.07, 6.45) is 0. The number of halogens is 2. The maximum absolute atomic E-state index is 9.29. The normalized spacial score (nSPS) is 11.6. The molecule has 0 aliphatic rings. The van der Waals surface area contributed by atoms with Crippen molar-refractivity contribution >= 4 is 45.0 Å². The van der Waals surface area contributed by atoms with Crippen LogP contribution in [0.1, 0.15) is 12.5 Å². The maximum atomic E-state index is 9.29. The van der Waals surface area contributed by atoms with Gasteiger partial charge in [0.05, 0.1) is 17.1 Å². The predicted molar refractivity (Wildman–Crippen MR) is 81.1 cm³/mol. The highest BCUT2D eigenvalue weighted by Gasteiger charge is 2.13. The van der Waals surface area contributed by atoms with Crippen LogP contribution in [0.15, 0.2) is 30.3 Å². The summed E-state index contributed by atoms with van der Waals surface area (Å²) in [5.74, 6) is 0.